The van der Waals surface area contributed by atoms with Gasteiger partial charge < -0.3 is 81.5 Å². The van der Waals surface area contributed by atoms with Gasteiger partial charge in [0, 0.05) is 97.4 Å². The van der Waals surface area contributed by atoms with Gasteiger partial charge in [0.25, 0.3) is 0 Å². The fourth-order valence-electron chi connectivity index (χ4n) is 6.30. The van der Waals surface area contributed by atoms with Crippen molar-refractivity contribution < 1.29 is 110 Å². The number of carbonyl (C=O) groups excluding carboxylic acids is 6. The molecule has 0 aromatic carbocycles. The third-order valence-corrected chi connectivity index (χ3v) is 32.6. The molecule has 0 aromatic heterocycles. The highest BCUT2D eigenvalue weighted by Crippen LogP contribution is 2.25. The Morgan fingerprint density at radius 1 is 0.305 bits per heavy atom. The van der Waals surface area contributed by atoms with Crippen molar-refractivity contribution in [3.05, 3.63) is 0 Å². The summed E-state index contributed by atoms with van der Waals surface area (Å²) in [6, 6.07) is 3.16. The van der Waals surface area contributed by atoms with Crippen molar-refractivity contribution in [3.63, 3.8) is 0 Å². The molecular weight excluding hydrogens is 1330 g/mol. The molecule has 30 heteroatoms. The van der Waals surface area contributed by atoms with E-state index in [0.29, 0.717) is 57.6 Å². The monoisotopic (exact) mass is 1470 g/mol. The number of hydrogen-bond acceptors (Lipinski definition) is 24. The first-order chi connectivity index (χ1) is 43.9. The maximum Gasteiger partial charge on any atom is 0.500 e. The number of carbonyl (C=O) groups is 6. The highest BCUT2D eigenvalue weighted by Gasteiger charge is 2.39. The minimum Gasteiger partial charge on any atom is -0.466 e. The van der Waals surface area contributed by atoms with Crippen LogP contribution in [0.1, 0.15) is 168 Å². The van der Waals surface area contributed by atoms with Crippen LogP contribution in [0.15, 0.2) is 0 Å². The third-order valence-electron chi connectivity index (χ3n) is 17.0. The van der Waals surface area contributed by atoms with Crippen molar-refractivity contribution in [2.75, 3.05) is 124 Å². The van der Waals surface area contributed by atoms with Crippen LogP contribution in [0, 0.1) is 34.0 Å². The van der Waals surface area contributed by atoms with Crippen LogP contribution in [0.3, 0.4) is 0 Å². The van der Waals surface area contributed by atoms with Gasteiger partial charge in [-0.1, -0.05) is 62.3 Å². The van der Waals surface area contributed by atoms with E-state index in [-0.39, 0.29) is 65.2 Å². The molecule has 24 nitrogen and oxygen atoms in total. The summed E-state index contributed by atoms with van der Waals surface area (Å²) in [6.07, 6.45) is 8.51. The summed E-state index contributed by atoms with van der Waals surface area (Å²) in [7, 11) is 6.78. The lowest BCUT2D eigenvalue weighted by molar-refractivity contribution is -0.154. The van der Waals surface area contributed by atoms with E-state index in [4.69, 9.17) is 81.5 Å². The quantitative estimate of drug-likeness (QED) is 0.0237. The summed E-state index contributed by atoms with van der Waals surface area (Å²) in [5.74, 6) is -0.836. The zero-order valence-corrected chi connectivity index (χ0v) is 72.2. The normalized spacial score (nSPS) is 13.1. The van der Waals surface area contributed by atoms with E-state index in [9.17, 15) is 28.8 Å². The van der Waals surface area contributed by atoms with Crippen LogP contribution in [0.4, 0.5) is 0 Å². The van der Waals surface area contributed by atoms with Gasteiger partial charge in [-0.05, 0) is 157 Å². The van der Waals surface area contributed by atoms with E-state index >= 15 is 0 Å². The summed E-state index contributed by atoms with van der Waals surface area (Å²) in [6.45, 7) is 42.8. The molecule has 0 saturated carbocycles. The number of esters is 6. The molecule has 0 heterocycles. The number of hydrogen-bond donors (Lipinski definition) is 0. The molecule has 0 spiro atoms. The van der Waals surface area contributed by atoms with E-state index in [1.807, 2.05) is 130 Å². The Kier molecular flexibility index (Phi) is 60.4. The Balaban J connectivity index is -0.000000251. The molecule has 570 valence electrons. The van der Waals surface area contributed by atoms with Crippen molar-refractivity contribution in [1.29, 1.82) is 0 Å². The zero-order chi connectivity index (χ0) is 75.6. The van der Waals surface area contributed by atoms with Gasteiger partial charge in [0.05, 0.1) is 60.4 Å². The summed E-state index contributed by atoms with van der Waals surface area (Å²) >= 11 is 0. The first kappa shape index (κ1) is 104. The highest BCUT2D eigenvalue weighted by molar-refractivity contribution is 6.71. The molecule has 0 aromatic rings. The molecule has 95 heavy (non-hydrogen) atoms. The third kappa shape index (κ3) is 49.0. The first-order valence-corrected chi connectivity index (χ1v) is 48.7. The van der Waals surface area contributed by atoms with Gasteiger partial charge in [-0.25, -0.2) is 0 Å². The smallest absolute Gasteiger partial charge is 0.466 e. The summed E-state index contributed by atoms with van der Waals surface area (Å²) in [4.78, 5) is 69.1. The van der Waals surface area contributed by atoms with Crippen molar-refractivity contribution >= 4 is 87.2 Å². The molecule has 3 atom stereocenters. The van der Waals surface area contributed by atoms with Crippen molar-refractivity contribution in [3.8, 4) is 0 Å². The van der Waals surface area contributed by atoms with Crippen LogP contribution in [0.5, 0.6) is 0 Å². The lowest BCUT2D eigenvalue weighted by atomic mass is 9.91. The summed E-state index contributed by atoms with van der Waals surface area (Å²) < 4.78 is 94.7. The average Bonchev–Trinajstić information content (AvgIpc) is 1.06. The van der Waals surface area contributed by atoms with Crippen LogP contribution in [-0.4, -0.2) is 211 Å². The van der Waals surface area contributed by atoms with Crippen LogP contribution in [0.2, 0.25) is 63.5 Å². The Hall–Kier alpha value is -2.36. The van der Waals surface area contributed by atoms with E-state index in [1.54, 1.807) is 85.3 Å². The summed E-state index contributed by atoms with van der Waals surface area (Å²) in [5.41, 5.74) is -1.23. The second-order valence-electron chi connectivity index (χ2n) is 26.4. The molecular formula is C65H142O24Si6. The lowest BCUT2D eigenvalue weighted by Gasteiger charge is -2.25. The van der Waals surface area contributed by atoms with E-state index in [1.165, 1.54) is 0 Å². The second-order valence-corrected chi connectivity index (χ2v) is 48.2. The lowest BCUT2D eigenvalue weighted by Crippen LogP contribution is -2.44. The van der Waals surface area contributed by atoms with Crippen molar-refractivity contribution in [1.82, 2.24) is 0 Å². The molecule has 0 radical (unpaired) electrons. The van der Waals surface area contributed by atoms with Gasteiger partial charge >= 0.3 is 70.5 Å². The fourth-order valence-corrected chi connectivity index (χ4v) is 13.6. The van der Waals surface area contributed by atoms with Gasteiger partial charge in [0.2, 0.25) is 8.32 Å². The minimum absolute atomic E-state index is 0.00604. The van der Waals surface area contributed by atoms with Gasteiger partial charge in [-0.2, -0.15) is 0 Å². The average molecular weight is 1480 g/mol. The molecule has 0 N–H and O–H groups in total. The van der Waals surface area contributed by atoms with Gasteiger partial charge in [0.1, 0.15) is 12.5 Å². The SMILES string of the molecule is CCC(C)(C)C(=O)OCCC[Si](OC)(OC)OC.CCC(C)(C)C(=O)OC[Si](C)(C)OC.CCC(C)(C)C(=O)OC[Si](C)(OC)OC.CCC(C)C(=O)OCCC[Si](C)(C)OC.CCC(C)C(=O)OCCC[Si](C)(OC)OC.CCC(C)C(=O)OCCC[Si](OC)(OC)OC. The topological polar surface area (TPSA) is 269 Å². The predicted octanol–water partition coefficient (Wildman–Crippen LogP) is 13.5. The van der Waals surface area contributed by atoms with Gasteiger partial charge in [-0.15, -0.1) is 0 Å². The predicted molar refractivity (Wildman–Crippen MR) is 388 cm³/mol. The van der Waals surface area contributed by atoms with Crippen molar-refractivity contribution in [2.45, 2.75) is 232 Å². The first-order valence-electron chi connectivity index (χ1n) is 33.5. The molecule has 0 rings (SSSR count). The highest BCUT2D eigenvalue weighted by atomic mass is 28.4. The molecule has 3 unspecified atom stereocenters. The Bertz CT molecular complexity index is 1970. The Morgan fingerprint density at radius 2 is 0.558 bits per heavy atom. The van der Waals surface area contributed by atoms with E-state index < -0.39 is 62.2 Å². The second kappa shape index (κ2) is 55.3. The van der Waals surface area contributed by atoms with Crippen LogP contribution in [0.25, 0.3) is 0 Å². The molecule has 0 saturated heterocycles. The minimum atomic E-state index is -2.53. The molecule has 0 amide bonds. The molecule has 0 bridgehead atoms. The van der Waals surface area contributed by atoms with E-state index in [0.717, 1.165) is 63.5 Å². The zero-order valence-electron chi connectivity index (χ0n) is 66.2. The molecule has 0 aliphatic carbocycles. The van der Waals surface area contributed by atoms with Gasteiger partial charge in [0.15, 0.2) is 8.32 Å². The standard InChI is InChI=1S/C12H26O5Si.C11H24O5Si.C11H24O4Si.C11H24O3Si.C10H22O4Si.C10H22O3Si/c1-7-12(2,3)11(13)17-9-8-10-18(14-4,15-5)16-6;1-6-10(2)11(12)16-8-7-9-17(13-3,14-4)15-5;1-6-10(2)11(12)15-8-7-9-16(5,13-3)14-4;1-6-10(2)11(12)14-8-7-9-15(4,5)13-3;1-7-10(2,3)9(11)14-8-15(6,12-4)13-5;1-7-10(2,3)9(11)13-8-14(5,6)12-4/h7-10H2,1-6H3;10H,6-9H2,1-5H3;10H,6-9H2,1-5H3;10H,6-9H2,1-5H3;7-8H2,1-6H3;7-8H2,1-6H3. The Labute approximate surface area is 584 Å². The van der Waals surface area contributed by atoms with Crippen molar-refractivity contribution in [2.24, 2.45) is 34.0 Å². The fraction of sp³-hybridized carbons (Fsp3) is 0.908. The molecule has 0 aliphatic heterocycles. The number of rotatable bonds is 44. The Morgan fingerprint density at radius 3 is 0.811 bits per heavy atom. The number of ether oxygens (including phenoxy) is 6. The van der Waals surface area contributed by atoms with Gasteiger partial charge in [-0.3, -0.25) is 28.8 Å². The largest absolute Gasteiger partial charge is 0.500 e. The molecule has 0 fully saturated rings. The maximum atomic E-state index is 11.7. The maximum absolute atomic E-state index is 11.7. The van der Waals surface area contributed by atoms with E-state index in [2.05, 4.69) is 13.1 Å². The molecule has 0 aliphatic rings. The van der Waals surface area contributed by atoms with Crippen LogP contribution >= 0.6 is 0 Å². The van der Waals surface area contributed by atoms with Crippen LogP contribution in [-0.2, 0) is 110 Å². The van der Waals surface area contributed by atoms with Crippen LogP contribution < -0.4 is 0 Å². The summed E-state index contributed by atoms with van der Waals surface area (Å²) in [5, 5.41) is 0.